The van der Waals surface area contributed by atoms with Crippen molar-refractivity contribution in [3.05, 3.63) is 42.5 Å². The highest BCUT2D eigenvalue weighted by Crippen LogP contribution is 2.15. The smallest absolute Gasteiger partial charge is 0.335 e. The number of rotatable bonds is 9. The molecule has 5 nitrogen and oxygen atoms in total. The number of ether oxygens (including phenoxy) is 2. The molecule has 1 N–H and O–H groups in total. The SMILES string of the molecule is C=CC(=O)OCC(CCC)COc1ccc(C(=O)O)cc1. The first-order chi connectivity index (χ1) is 10.1. The van der Waals surface area contributed by atoms with Crippen LogP contribution in [0.15, 0.2) is 36.9 Å². The first-order valence-corrected chi connectivity index (χ1v) is 6.82. The average Bonchev–Trinajstić information content (AvgIpc) is 2.50. The summed E-state index contributed by atoms with van der Waals surface area (Å²) >= 11 is 0. The molecule has 5 heteroatoms. The second kappa shape index (κ2) is 8.79. The first-order valence-electron chi connectivity index (χ1n) is 6.82. The third-order valence-corrected chi connectivity index (χ3v) is 2.91. The van der Waals surface area contributed by atoms with Gasteiger partial charge in [0.1, 0.15) is 5.75 Å². The molecule has 0 aliphatic heterocycles. The summed E-state index contributed by atoms with van der Waals surface area (Å²) in [5.41, 5.74) is 0.215. The Labute approximate surface area is 124 Å². The zero-order chi connectivity index (χ0) is 15.7. The Bertz CT molecular complexity index is 478. The highest BCUT2D eigenvalue weighted by atomic mass is 16.5. The van der Waals surface area contributed by atoms with Crippen LogP contribution in [0, 0.1) is 5.92 Å². The van der Waals surface area contributed by atoms with Crippen LogP contribution in [-0.2, 0) is 9.53 Å². The Kier molecular flexibility index (Phi) is 7.01. The van der Waals surface area contributed by atoms with Gasteiger partial charge < -0.3 is 14.6 Å². The monoisotopic (exact) mass is 292 g/mol. The fourth-order valence-electron chi connectivity index (χ4n) is 1.79. The van der Waals surface area contributed by atoms with Crippen molar-refractivity contribution in [2.45, 2.75) is 19.8 Å². The van der Waals surface area contributed by atoms with Crippen molar-refractivity contribution in [2.24, 2.45) is 5.92 Å². The fourth-order valence-corrected chi connectivity index (χ4v) is 1.79. The largest absolute Gasteiger partial charge is 0.493 e. The van der Waals surface area contributed by atoms with Crippen LogP contribution in [0.3, 0.4) is 0 Å². The predicted molar refractivity (Wildman–Crippen MR) is 78.5 cm³/mol. The van der Waals surface area contributed by atoms with Crippen LogP contribution in [0.5, 0.6) is 5.75 Å². The van der Waals surface area contributed by atoms with Crippen molar-refractivity contribution in [3.8, 4) is 5.75 Å². The van der Waals surface area contributed by atoms with Gasteiger partial charge in [0.15, 0.2) is 0 Å². The third-order valence-electron chi connectivity index (χ3n) is 2.91. The highest BCUT2D eigenvalue weighted by molar-refractivity contribution is 5.87. The Hall–Kier alpha value is -2.30. The van der Waals surface area contributed by atoms with Gasteiger partial charge >= 0.3 is 11.9 Å². The van der Waals surface area contributed by atoms with E-state index in [9.17, 15) is 9.59 Å². The zero-order valence-corrected chi connectivity index (χ0v) is 12.1. The van der Waals surface area contributed by atoms with Crippen molar-refractivity contribution < 1.29 is 24.2 Å². The maximum Gasteiger partial charge on any atom is 0.335 e. The highest BCUT2D eigenvalue weighted by Gasteiger charge is 2.11. The molecular weight excluding hydrogens is 272 g/mol. The minimum atomic E-state index is -0.971. The first kappa shape index (κ1) is 16.8. The second-order valence-electron chi connectivity index (χ2n) is 4.63. The summed E-state index contributed by atoms with van der Waals surface area (Å²) in [7, 11) is 0. The maximum atomic E-state index is 11.1. The number of aromatic carboxylic acids is 1. The molecule has 0 spiro atoms. The number of hydrogen-bond donors (Lipinski definition) is 1. The molecule has 1 unspecified atom stereocenters. The normalized spacial score (nSPS) is 11.5. The Morgan fingerprint density at radius 3 is 2.48 bits per heavy atom. The lowest BCUT2D eigenvalue weighted by molar-refractivity contribution is -0.139. The van der Waals surface area contributed by atoms with Crippen molar-refractivity contribution in [2.75, 3.05) is 13.2 Å². The van der Waals surface area contributed by atoms with Crippen LogP contribution < -0.4 is 4.74 Å². The molecule has 0 saturated carbocycles. The number of esters is 1. The van der Waals surface area contributed by atoms with E-state index in [0.717, 1.165) is 18.9 Å². The van der Waals surface area contributed by atoms with Crippen molar-refractivity contribution in [1.82, 2.24) is 0 Å². The van der Waals surface area contributed by atoms with Gasteiger partial charge in [-0.25, -0.2) is 9.59 Å². The van der Waals surface area contributed by atoms with Gasteiger partial charge in [0.2, 0.25) is 0 Å². The topological polar surface area (TPSA) is 72.8 Å². The van der Waals surface area contributed by atoms with E-state index in [1.54, 1.807) is 12.1 Å². The van der Waals surface area contributed by atoms with Crippen LogP contribution >= 0.6 is 0 Å². The van der Waals surface area contributed by atoms with E-state index in [2.05, 4.69) is 6.58 Å². The summed E-state index contributed by atoms with van der Waals surface area (Å²) in [6.07, 6.45) is 2.96. The molecule has 0 fully saturated rings. The van der Waals surface area contributed by atoms with E-state index in [1.807, 2.05) is 6.92 Å². The quantitative estimate of drug-likeness (QED) is 0.559. The fraction of sp³-hybridized carbons (Fsp3) is 0.375. The summed E-state index contributed by atoms with van der Waals surface area (Å²) < 4.78 is 10.6. The molecule has 0 amide bonds. The van der Waals surface area contributed by atoms with Gasteiger partial charge in [-0.2, -0.15) is 0 Å². The van der Waals surface area contributed by atoms with Gasteiger partial charge in [0.25, 0.3) is 0 Å². The molecule has 1 rings (SSSR count). The number of carboxylic acids is 1. The summed E-state index contributed by atoms with van der Waals surface area (Å²) in [6.45, 7) is 6.08. The number of carbonyl (C=O) groups is 2. The lowest BCUT2D eigenvalue weighted by atomic mass is 10.1. The van der Waals surface area contributed by atoms with Crippen LogP contribution in [0.25, 0.3) is 0 Å². The minimum Gasteiger partial charge on any atom is -0.493 e. The van der Waals surface area contributed by atoms with Gasteiger partial charge in [-0.05, 0) is 30.7 Å². The molecule has 114 valence electrons. The average molecular weight is 292 g/mol. The number of carboxylic acid groups (broad SMARTS) is 1. The van der Waals surface area contributed by atoms with Gasteiger partial charge in [-0.3, -0.25) is 0 Å². The molecule has 0 radical (unpaired) electrons. The molecular formula is C16H20O5. The number of benzene rings is 1. The number of hydrogen-bond acceptors (Lipinski definition) is 4. The minimum absolute atomic E-state index is 0.0954. The van der Waals surface area contributed by atoms with Crippen LogP contribution in [0.2, 0.25) is 0 Å². The van der Waals surface area contributed by atoms with Gasteiger partial charge in [-0.1, -0.05) is 19.9 Å². The van der Waals surface area contributed by atoms with Crippen LogP contribution in [0.1, 0.15) is 30.1 Å². The van der Waals surface area contributed by atoms with E-state index in [-0.39, 0.29) is 18.1 Å². The van der Waals surface area contributed by atoms with E-state index in [0.29, 0.717) is 12.4 Å². The third kappa shape index (κ3) is 6.12. The molecule has 21 heavy (non-hydrogen) atoms. The Balaban J connectivity index is 2.49. The molecule has 1 aromatic rings. The molecule has 0 aliphatic carbocycles. The van der Waals surface area contributed by atoms with E-state index < -0.39 is 11.9 Å². The van der Waals surface area contributed by atoms with Crippen LogP contribution in [0.4, 0.5) is 0 Å². The maximum absolute atomic E-state index is 11.1. The summed E-state index contributed by atoms with van der Waals surface area (Å²) in [4.78, 5) is 21.8. The molecule has 1 aromatic carbocycles. The van der Waals surface area contributed by atoms with E-state index >= 15 is 0 Å². The molecule has 0 aromatic heterocycles. The summed E-state index contributed by atoms with van der Waals surface area (Å²) in [5, 5.41) is 8.81. The molecule has 0 heterocycles. The van der Waals surface area contributed by atoms with E-state index in [4.69, 9.17) is 14.6 Å². The van der Waals surface area contributed by atoms with Gasteiger partial charge in [-0.15, -0.1) is 0 Å². The van der Waals surface area contributed by atoms with Gasteiger partial charge in [0, 0.05) is 12.0 Å². The predicted octanol–water partition coefficient (Wildman–Crippen LogP) is 2.91. The van der Waals surface area contributed by atoms with E-state index in [1.165, 1.54) is 12.1 Å². The summed E-state index contributed by atoms with van der Waals surface area (Å²) in [6, 6.07) is 6.21. The van der Waals surface area contributed by atoms with Crippen LogP contribution in [-0.4, -0.2) is 30.3 Å². The zero-order valence-electron chi connectivity index (χ0n) is 12.1. The Morgan fingerprint density at radius 2 is 1.95 bits per heavy atom. The van der Waals surface area contributed by atoms with Gasteiger partial charge in [0.05, 0.1) is 18.8 Å². The number of carbonyl (C=O) groups excluding carboxylic acids is 1. The molecule has 1 atom stereocenters. The van der Waals surface area contributed by atoms with Crippen molar-refractivity contribution in [3.63, 3.8) is 0 Å². The Morgan fingerprint density at radius 1 is 1.29 bits per heavy atom. The standard InChI is InChI=1S/C16H20O5/c1-3-5-12(11-21-15(17)4-2)10-20-14-8-6-13(7-9-14)16(18)19/h4,6-9,12H,2-3,5,10-11H2,1H3,(H,18,19). The molecule has 0 saturated heterocycles. The molecule has 0 aliphatic rings. The van der Waals surface area contributed by atoms with Crippen molar-refractivity contribution in [1.29, 1.82) is 0 Å². The molecule has 0 bridgehead atoms. The van der Waals surface area contributed by atoms with Crippen molar-refractivity contribution >= 4 is 11.9 Å². The second-order valence-corrected chi connectivity index (χ2v) is 4.63. The lowest BCUT2D eigenvalue weighted by Crippen LogP contribution is -2.19. The lowest BCUT2D eigenvalue weighted by Gasteiger charge is -2.16. The summed E-state index contributed by atoms with van der Waals surface area (Å²) in [5.74, 6) is -0.724.